The van der Waals surface area contributed by atoms with Crippen molar-refractivity contribution in [3.8, 4) is 0 Å². The average molecular weight is 338 g/mol. The highest BCUT2D eigenvalue weighted by molar-refractivity contribution is 5.25. The SMILES string of the molecule is Cc1cnc(CNCCCCNC2CCCc3cccnc32)c(C)c1. The molecule has 2 heterocycles. The van der Waals surface area contributed by atoms with E-state index in [-0.39, 0.29) is 0 Å². The third kappa shape index (κ3) is 5.10. The van der Waals surface area contributed by atoms with Crippen LogP contribution in [-0.2, 0) is 13.0 Å². The molecule has 0 amide bonds. The first-order valence-electron chi connectivity index (χ1n) is 9.54. The Kier molecular flexibility index (Phi) is 6.54. The second-order valence-corrected chi connectivity index (χ2v) is 7.11. The molecule has 2 aromatic rings. The molecule has 4 nitrogen and oxygen atoms in total. The lowest BCUT2D eigenvalue weighted by Crippen LogP contribution is -2.27. The lowest BCUT2D eigenvalue weighted by atomic mass is 9.92. The molecule has 0 radical (unpaired) electrons. The number of nitrogens with zero attached hydrogens (tertiary/aromatic N) is 2. The summed E-state index contributed by atoms with van der Waals surface area (Å²) in [5.41, 5.74) is 6.36. The Morgan fingerprint density at radius 3 is 2.92 bits per heavy atom. The molecule has 2 N–H and O–H groups in total. The van der Waals surface area contributed by atoms with Gasteiger partial charge in [0.2, 0.25) is 0 Å². The fraction of sp³-hybridized carbons (Fsp3) is 0.524. The molecular formula is C21H30N4. The highest BCUT2D eigenvalue weighted by atomic mass is 14.9. The van der Waals surface area contributed by atoms with E-state index in [9.17, 15) is 0 Å². The van der Waals surface area contributed by atoms with Crippen LogP contribution in [0.3, 0.4) is 0 Å². The van der Waals surface area contributed by atoms with Gasteiger partial charge in [0.15, 0.2) is 0 Å². The summed E-state index contributed by atoms with van der Waals surface area (Å²) in [6, 6.07) is 6.92. The van der Waals surface area contributed by atoms with E-state index >= 15 is 0 Å². The zero-order valence-corrected chi connectivity index (χ0v) is 15.5. The molecule has 3 rings (SSSR count). The van der Waals surface area contributed by atoms with Gasteiger partial charge >= 0.3 is 0 Å². The van der Waals surface area contributed by atoms with Gasteiger partial charge in [0.05, 0.1) is 11.4 Å². The predicted octanol–water partition coefficient (Wildman–Crippen LogP) is 3.63. The van der Waals surface area contributed by atoms with E-state index in [4.69, 9.17) is 0 Å². The summed E-state index contributed by atoms with van der Waals surface area (Å²) in [5, 5.41) is 7.21. The molecule has 25 heavy (non-hydrogen) atoms. The Labute approximate surface area is 151 Å². The quantitative estimate of drug-likeness (QED) is 0.722. The minimum Gasteiger partial charge on any atom is -0.311 e. The summed E-state index contributed by atoms with van der Waals surface area (Å²) in [6.07, 6.45) is 9.89. The fourth-order valence-electron chi connectivity index (χ4n) is 3.59. The third-order valence-electron chi connectivity index (χ3n) is 4.98. The summed E-state index contributed by atoms with van der Waals surface area (Å²) in [5.74, 6) is 0. The number of hydrogen-bond donors (Lipinski definition) is 2. The van der Waals surface area contributed by atoms with Crippen molar-refractivity contribution >= 4 is 0 Å². The molecule has 1 unspecified atom stereocenters. The van der Waals surface area contributed by atoms with Crippen molar-refractivity contribution in [3.05, 3.63) is 58.7 Å². The molecule has 1 atom stereocenters. The number of rotatable bonds is 8. The highest BCUT2D eigenvalue weighted by Gasteiger charge is 2.20. The van der Waals surface area contributed by atoms with Crippen LogP contribution in [0.5, 0.6) is 0 Å². The highest BCUT2D eigenvalue weighted by Crippen LogP contribution is 2.27. The van der Waals surface area contributed by atoms with Crippen molar-refractivity contribution in [2.45, 2.75) is 58.5 Å². The maximum absolute atomic E-state index is 4.60. The van der Waals surface area contributed by atoms with Gasteiger partial charge in [-0.3, -0.25) is 9.97 Å². The van der Waals surface area contributed by atoms with E-state index in [0.29, 0.717) is 6.04 Å². The molecule has 2 aromatic heterocycles. The van der Waals surface area contributed by atoms with E-state index < -0.39 is 0 Å². The number of nitrogens with one attached hydrogen (secondary N) is 2. The number of pyridine rings is 2. The second kappa shape index (κ2) is 9.07. The fourth-order valence-corrected chi connectivity index (χ4v) is 3.59. The van der Waals surface area contributed by atoms with E-state index in [1.54, 1.807) is 0 Å². The van der Waals surface area contributed by atoms with Crippen LogP contribution < -0.4 is 10.6 Å². The van der Waals surface area contributed by atoms with Gasteiger partial charge in [-0.1, -0.05) is 12.1 Å². The monoisotopic (exact) mass is 338 g/mol. The minimum absolute atomic E-state index is 0.442. The van der Waals surface area contributed by atoms with Crippen LogP contribution in [0.1, 0.15) is 59.8 Å². The second-order valence-electron chi connectivity index (χ2n) is 7.11. The normalized spacial score (nSPS) is 16.6. The molecule has 1 aliphatic rings. The summed E-state index contributed by atoms with van der Waals surface area (Å²) in [6.45, 7) is 7.18. The molecule has 134 valence electrons. The number of aryl methyl sites for hydroxylation is 3. The van der Waals surface area contributed by atoms with Crippen LogP contribution in [0.2, 0.25) is 0 Å². The number of unbranched alkanes of at least 4 members (excludes halogenated alkanes) is 1. The largest absolute Gasteiger partial charge is 0.311 e. The Hall–Kier alpha value is -1.78. The van der Waals surface area contributed by atoms with Crippen LogP contribution in [0, 0.1) is 13.8 Å². The lowest BCUT2D eigenvalue weighted by Gasteiger charge is -2.25. The van der Waals surface area contributed by atoms with E-state index in [0.717, 1.165) is 25.3 Å². The van der Waals surface area contributed by atoms with Crippen LogP contribution in [0.25, 0.3) is 0 Å². The molecule has 0 saturated carbocycles. The molecule has 0 aromatic carbocycles. The predicted molar refractivity (Wildman–Crippen MR) is 103 cm³/mol. The van der Waals surface area contributed by atoms with Gasteiger partial charge < -0.3 is 10.6 Å². The molecule has 0 saturated heterocycles. The van der Waals surface area contributed by atoms with Gasteiger partial charge in [-0.25, -0.2) is 0 Å². The lowest BCUT2D eigenvalue weighted by molar-refractivity contribution is 0.439. The maximum atomic E-state index is 4.60. The average Bonchev–Trinajstić information content (AvgIpc) is 2.62. The summed E-state index contributed by atoms with van der Waals surface area (Å²) in [7, 11) is 0. The summed E-state index contributed by atoms with van der Waals surface area (Å²) in [4.78, 5) is 9.11. The van der Waals surface area contributed by atoms with Crippen LogP contribution in [0.15, 0.2) is 30.6 Å². The Morgan fingerprint density at radius 1 is 1.16 bits per heavy atom. The zero-order chi connectivity index (χ0) is 17.5. The molecular weight excluding hydrogens is 308 g/mol. The molecule has 0 aliphatic heterocycles. The Morgan fingerprint density at radius 2 is 2.04 bits per heavy atom. The smallest absolute Gasteiger partial charge is 0.0605 e. The first kappa shape index (κ1) is 18.0. The van der Waals surface area contributed by atoms with Crippen LogP contribution >= 0.6 is 0 Å². The summed E-state index contributed by atoms with van der Waals surface area (Å²) < 4.78 is 0. The minimum atomic E-state index is 0.442. The number of aromatic nitrogens is 2. The van der Waals surface area contributed by atoms with Crippen LogP contribution in [0.4, 0.5) is 0 Å². The molecule has 0 bridgehead atoms. The van der Waals surface area contributed by atoms with Gasteiger partial charge in [-0.2, -0.15) is 0 Å². The molecule has 1 aliphatic carbocycles. The van der Waals surface area contributed by atoms with Crippen molar-refractivity contribution in [3.63, 3.8) is 0 Å². The first-order chi connectivity index (χ1) is 12.2. The first-order valence-corrected chi connectivity index (χ1v) is 9.54. The van der Waals surface area contributed by atoms with Gasteiger partial charge in [-0.05, 0) is 81.8 Å². The Bertz CT molecular complexity index is 683. The Balaban J connectivity index is 1.32. The van der Waals surface area contributed by atoms with Crippen LogP contribution in [-0.4, -0.2) is 23.1 Å². The van der Waals surface area contributed by atoms with Crippen molar-refractivity contribution in [1.82, 2.24) is 20.6 Å². The number of fused-ring (bicyclic) bond motifs is 1. The summed E-state index contributed by atoms with van der Waals surface area (Å²) >= 11 is 0. The standard InChI is InChI=1S/C21H30N4/c1-16-13-17(2)20(25-14-16)15-22-10-3-4-11-23-19-9-5-7-18-8-6-12-24-21(18)19/h6,8,12-14,19,22-23H,3-5,7,9-11,15H2,1-2H3. The van der Waals surface area contributed by atoms with Crippen molar-refractivity contribution in [1.29, 1.82) is 0 Å². The van der Waals surface area contributed by atoms with Crippen molar-refractivity contribution < 1.29 is 0 Å². The van der Waals surface area contributed by atoms with Gasteiger partial charge in [0, 0.05) is 25.0 Å². The van der Waals surface area contributed by atoms with Gasteiger partial charge in [0.25, 0.3) is 0 Å². The molecule has 4 heteroatoms. The zero-order valence-electron chi connectivity index (χ0n) is 15.5. The van der Waals surface area contributed by atoms with Crippen molar-refractivity contribution in [2.24, 2.45) is 0 Å². The maximum Gasteiger partial charge on any atom is 0.0605 e. The van der Waals surface area contributed by atoms with E-state index in [2.05, 4.69) is 52.6 Å². The molecule has 0 spiro atoms. The topological polar surface area (TPSA) is 49.8 Å². The van der Waals surface area contributed by atoms with Crippen molar-refractivity contribution in [2.75, 3.05) is 13.1 Å². The van der Waals surface area contributed by atoms with Gasteiger partial charge in [0.1, 0.15) is 0 Å². The molecule has 0 fully saturated rings. The van der Waals surface area contributed by atoms with E-state index in [1.807, 2.05) is 12.4 Å². The number of hydrogen-bond acceptors (Lipinski definition) is 4. The third-order valence-corrected chi connectivity index (χ3v) is 4.98. The van der Waals surface area contributed by atoms with Gasteiger partial charge in [-0.15, -0.1) is 0 Å². The van der Waals surface area contributed by atoms with E-state index in [1.165, 1.54) is 54.5 Å².